The number of fused-ring (bicyclic) bond motifs is 1. The van der Waals surface area contributed by atoms with Crippen LogP contribution in [0.5, 0.6) is 5.75 Å². The molecule has 6 heteroatoms. The summed E-state index contributed by atoms with van der Waals surface area (Å²) < 4.78 is 5.45. The number of pyridine rings is 1. The Bertz CT molecular complexity index is 365. The van der Waals surface area contributed by atoms with E-state index < -0.39 is 0 Å². The molecular formula is C9H11Cl2N3O. The van der Waals surface area contributed by atoms with Gasteiger partial charge in [-0.15, -0.1) is 24.8 Å². The predicted octanol–water partition coefficient (Wildman–Crippen LogP) is 1.28. The van der Waals surface area contributed by atoms with Gasteiger partial charge in [-0.2, -0.15) is 5.26 Å². The molecular weight excluding hydrogens is 237 g/mol. The molecule has 1 N–H and O–H groups in total. The van der Waals surface area contributed by atoms with Crippen LogP contribution in [-0.2, 0) is 6.54 Å². The normalized spacial score (nSPS) is 13.0. The van der Waals surface area contributed by atoms with E-state index >= 15 is 0 Å². The van der Waals surface area contributed by atoms with Gasteiger partial charge in [0.1, 0.15) is 24.0 Å². The summed E-state index contributed by atoms with van der Waals surface area (Å²) in [6, 6.07) is 2.07. The molecule has 0 saturated heterocycles. The van der Waals surface area contributed by atoms with E-state index in [1.807, 2.05) is 0 Å². The molecule has 0 saturated carbocycles. The number of halogens is 2. The van der Waals surface area contributed by atoms with Gasteiger partial charge in [-0.3, -0.25) is 4.98 Å². The highest BCUT2D eigenvalue weighted by molar-refractivity contribution is 5.85. The maximum absolute atomic E-state index is 8.80. The molecule has 0 unspecified atom stereocenters. The average Bonchev–Trinajstić information content (AvgIpc) is 2.41. The van der Waals surface area contributed by atoms with Crippen LogP contribution in [0.1, 0.15) is 11.1 Å². The smallest absolute Gasteiger partial charge is 0.144 e. The molecule has 0 spiro atoms. The zero-order valence-corrected chi connectivity index (χ0v) is 9.53. The fourth-order valence-corrected chi connectivity index (χ4v) is 1.32. The van der Waals surface area contributed by atoms with Crippen molar-refractivity contribution in [3.8, 4) is 11.8 Å². The standard InChI is InChI=1S/C9H9N3O.2ClH/c10-3-7-4-12-6-8-5-11-1-2-13-9(7)8;;/h4,6,11H,1-2,5H2;2*1H. The Kier molecular flexibility index (Phi) is 6.02. The van der Waals surface area contributed by atoms with E-state index in [0.717, 1.165) is 18.7 Å². The number of aromatic nitrogens is 1. The van der Waals surface area contributed by atoms with Crippen molar-refractivity contribution in [3.05, 3.63) is 23.5 Å². The van der Waals surface area contributed by atoms with Gasteiger partial charge in [0.25, 0.3) is 0 Å². The summed E-state index contributed by atoms with van der Waals surface area (Å²) in [5.41, 5.74) is 1.47. The summed E-state index contributed by atoms with van der Waals surface area (Å²) in [5.74, 6) is 0.683. The van der Waals surface area contributed by atoms with Gasteiger partial charge in [0.15, 0.2) is 0 Å². The maximum atomic E-state index is 8.80. The molecule has 0 aliphatic carbocycles. The monoisotopic (exact) mass is 247 g/mol. The molecule has 82 valence electrons. The fourth-order valence-electron chi connectivity index (χ4n) is 1.32. The summed E-state index contributed by atoms with van der Waals surface area (Å²) in [4.78, 5) is 3.97. The van der Waals surface area contributed by atoms with Crippen molar-refractivity contribution < 1.29 is 4.74 Å². The molecule has 15 heavy (non-hydrogen) atoms. The largest absolute Gasteiger partial charge is 0.490 e. The quantitative estimate of drug-likeness (QED) is 0.751. The highest BCUT2D eigenvalue weighted by atomic mass is 35.5. The van der Waals surface area contributed by atoms with Gasteiger partial charge in [0.2, 0.25) is 0 Å². The van der Waals surface area contributed by atoms with Gasteiger partial charge in [-0.25, -0.2) is 0 Å². The zero-order valence-electron chi connectivity index (χ0n) is 7.90. The topological polar surface area (TPSA) is 57.9 Å². The van der Waals surface area contributed by atoms with Crippen LogP contribution >= 0.6 is 24.8 Å². The van der Waals surface area contributed by atoms with Gasteiger partial charge >= 0.3 is 0 Å². The second kappa shape index (κ2) is 6.46. The van der Waals surface area contributed by atoms with Crippen molar-refractivity contribution in [2.45, 2.75) is 6.54 Å². The van der Waals surface area contributed by atoms with E-state index in [4.69, 9.17) is 10.00 Å². The van der Waals surface area contributed by atoms with Gasteiger partial charge in [-0.05, 0) is 0 Å². The minimum atomic E-state index is 0. The number of rotatable bonds is 0. The third-order valence-electron chi connectivity index (χ3n) is 1.93. The van der Waals surface area contributed by atoms with Crippen LogP contribution in [0.3, 0.4) is 0 Å². The number of nitrogens with zero attached hydrogens (tertiary/aromatic N) is 2. The van der Waals surface area contributed by atoms with E-state index in [9.17, 15) is 0 Å². The summed E-state index contributed by atoms with van der Waals surface area (Å²) in [6.45, 7) is 2.13. The summed E-state index contributed by atoms with van der Waals surface area (Å²) in [6.07, 6.45) is 3.26. The molecule has 2 rings (SSSR count). The van der Waals surface area contributed by atoms with Crippen LogP contribution in [-0.4, -0.2) is 18.1 Å². The molecule has 0 bridgehead atoms. The second-order valence-corrected chi connectivity index (χ2v) is 2.81. The molecule has 0 amide bonds. The Morgan fingerprint density at radius 1 is 1.40 bits per heavy atom. The SMILES string of the molecule is Cl.Cl.N#Cc1cncc2c1OCCNC2. The molecule has 1 aromatic rings. The lowest BCUT2D eigenvalue weighted by Gasteiger charge is -2.06. The molecule has 0 aromatic carbocycles. The molecule has 0 fully saturated rings. The van der Waals surface area contributed by atoms with Gasteiger partial charge in [0, 0.05) is 31.0 Å². The lowest BCUT2D eigenvalue weighted by molar-refractivity contribution is 0.324. The molecule has 0 atom stereocenters. The lowest BCUT2D eigenvalue weighted by atomic mass is 10.2. The first-order valence-electron chi connectivity index (χ1n) is 4.12. The van der Waals surface area contributed by atoms with E-state index in [1.165, 1.54) is 6.20 Å². The molecule has 1 aliphatic rings. The molecule has 1 aliphatic heterocycles. The Hall–Kier alpha value is -1.02. The number of hydrogen-bond acceptors (Lipinski definition) is 4. The van der Waals surface area contributed by atoms with E-state index in [1.54, 1.807) is 6.20 Å². The van der Waals surface area contributed by atoms with Crippen molar-refractivity contribution in [3.63, 3.8) is 0 Å². The van der Waals surface area contributed by atoms with Crippen LogP contribution in [0.15, 0.2) is 12.4 Å². The van der Waals surface area contributed by atoms with Crippen molar-refractivity contribution in [1.82, 2.24) is 10.3 Å². The minimum absolute atomic E-state index is 0. The zero-order chi connectivity index (χ0) is 9.10. The number of nitriles is 1. The first-order chi connectivity index (χ1) is 6.42. The predicted molar refractivity (Wildman–Crippen MR) is 60.6 cm³/mol. The highest BCUT2D eigenvalue weighted by Crippen LogP contribution is 2.23. The van der Waals surface area contributed by atoms with Gasteiger partial charge in [0.05, 0.1) is 0 Å². The van der Waals surface area contributed by atoms with Crippen LogP contribution in [0, 0.1) is 11.3 Å². The molecule has 2 heterocycles. The summed E-state index contributed by atoms with van der Waals surface area (Å²) >= 11 is 0. The van der Waals surface area contributed by atoms with Crippen LogP contribution in [0.2, 0.25) is 0 Å². The Morgan fingerprint density at radius 3 is 2.93 bits per heavy atom. The fraction of sp³-hybridized carbons (Fsp3) is 0.333. The summed E-state index contributed by atoms with van der Waals surface area (Å²) in [5, 5.41) is 12.0. The van der Waals surface area contributed by atoms with Gasteiger partial charge in [-0.1, -0.05) is 0 Å². The minimum Gasteiger partial charge on any atom is -0.490 e. The van der Waals surface area contributed by atoms with Crippen LogP contribution < -0.4 is 10.1 Å². The molecule has 1 aromatic heterocycles. The van der Waals surface area contributed by atoms with Crippen molar-refractivity contribution in [1.29, 1.82) is 5.26 Å². The van der Waals surface area contributed by atoms with E-state index in [2.05, 4.69) is 16.4 Å². The molecule has 0 radical (unpaired) electrons. The first-order valence-corrected chi connectivity index (χ1v) is 4.12. The van der Waals surface area contributed by atoms with Crippen LogP contribution in [0.25, 0.3) is 0 Å². The van der Waals surface area contributed by atoms with E-state index in [0.29, 0.717) is 17.9 Å². The maximum Gasteiger partial charge on any atom is 0.144 e. The summed E-state index contributed by atoms with van der Waals surface area (Å²) in [7, 11) is 0. The average molecular weight is 248 g/mol. The third-order valence-corrected chi connectivity index (χ3v) is 1.93. The Morgan fingerprint density at radius 2 is 2.20 bits per heavy atom. The third kappa shape index (κ3) is 2.96. The Labute approximate surface area is 100 Å². The van der Waals surface area contributed by atoms with E-state index in [-0.39, 0.29) is 24.8 Å². The van der Waals surface area contributed by atoms with Crippen LogP contribution in [0.4, 0.5) is 0 Å². The first kappa shape index (κ1) is 14.0. The highest BCUT2D eigenvalue weighted by Gasteiger charge is 2.12. The second-order valence-electron chi connectivity index (χ2n) is 2.81. The Balaban J connectivity index is 0.000000980. The van der Waals surface area contributed by atoms with Crippen molar-refractivity contribution >= 4 is 24.8 Å². The molecule has 4 nitrogen and oxygen atoms in total. The number of nitrogens with one attached hydrogen (secondary N) is 1. The van der Waals surface area contributed by atoms with Crippen molar-refractivity contribution in [2.24, 2.45) is 0 Å². The number of ether oxygens (including phenoxy) is 1. The van der Waals surface area contributed by atoms with Crippen molar-refractivity contribution in [2.75, 3.05) is 13.2 Å². The lowest BCUT2D eigenvalue weighted by Crippen LogP contribution is -2.16. The van der Waals surface area contributed by atoms with Gasteiger partial charge < -0.3 is 10.1 Å². The number of hydrogen-bond donors (Lipinski definition) is 1.